The van der Waals surface area contributed by atoms with Gasteiger partial charge in [-0.05, 0) is 55.3 Å². The van der Waals surface area contributed by atoms with Gasteiger partial charge in [-0.2, -0.15) is 23.4 Å². The number of alkyl halides is 3. The van der Waals surface area contributed by atoms with Crippen LogP contribution < -0.4 is 20.1 Å². The van der Waals surface area contributed by atoms with Gasteiger partial charge in [-0.25, -0.2) is 4.79 Å². The van der Waals surface area contributed by atoms with Gasteiger partial charge in [0.2, 0.25) is 5.88 Å². The molecule has 1 aromatic heterocycles. The highest BCUT2D eigenvalue weighted by atomic mass is 19.4. The predicted molar refractivity (Wildman–Crippen MR) is 118 cm³/mol. The zero-order chi connectivity index (χ0) is 24.5. The number of fused-ring (bicyclic) bond motifs is 1. The number of rotatable bonds is 5. The van der Waals surface area contributed by atoms with Crippen LogP contribution in [0.2, 0.25) is 0 Å². The van der Waals surface area contributed by atoms with E-state index in [2.05, 4.69) is 11.9 Å². The number of halogens is 3. The smallest absolute Gasteiger partial charge is 0.416 e. The molecule has 176 valence electrons. The lowest BCUT2D eigenvalue weighted by Gasteiger charge is -2.34. The molecule has 4 rings (SSSR count). The van der Waals surface area contributed by atoms with Gasteiger partial charge in [0, 0.05) is 25.7 Å². The number of anilines is 1. The van der Waals surface area contributed by atoms with Gasteiger partial charge in [-0.15, -0.1) is 0 Å². The summed E-state index contributed by atoms with van der Waals surface area (Å²) < 4.78 is 51.1. The van der Waals surface area contributed by atoms with E-state index in [4.69, 9.17) is 9.47 Å². The molecule has 10 heteroatoms. The molecule has 1 atom stereocenters. The molecule has 0 saturated carbocycles. The SMILES string of the molecule is CC1CCn2c(cc(OCc3ccc(Oc4ccc(C(F)(F)F)cc4)c(C#N)c3)nc2=O)N1C. The molecule has 0 saturated heterocycles. The summed E-state index contributed by atoms with van der Waals surface area (Å²) in [5.74, 6) is 1.28. The molecule has 0 aliphatic carbocycles. The maximum Gasteiger partial charge on any atom is 0.416 e. The number of aromatic nitrogens is 2. The average molecular weight is 470 g/mol. The number of nitriles is 1. The minimum atomic E-state index is -4.44. The lowest BCUT2D eigenvalue weighted by molar-refractivity contribution is -0.137. The van der Waals surface area contributed by atoms with Crippen molar-refractivity contribution in [3.8, 4) is 23.4 Å². The second-order valence-corrected chi connectivity index (χ2v) is 7.99. The lowest BCUT2D eigenvalue weighted by Crippen LogP contribution is -2.41. The molecule has 0 N–H and O–H groups in total. The van der Waals surface area contributed by atoms with Crippen LogP contribution in [0.15, 0.2) is 53.3 Å². The van der Waals surface area contributed by atoms with E-state index in [0.717, 1.165) is 24.4 Å². The zero-order valence-electron chi connectivity index (χ0n) is 18.5. The molecule has 2 aromatic carbocycles. The minimum Gasteiger partial charge on any atom is -0.473 e. The van der Waals surface area contributed by atoms with Gasteiger partial charge in [0.25, 0.3) is 0 Å². The van der Waals surface area contributed by atoms with Crippen LogP contribution in [0.5, 0.6) is 17.4 Å². The fourth-order valence-electron chi connectivity index (χ4n) is 3.62. The van der Waals surface area contributed by atoms with E-state index in [1.54, 1.807) is 28.8 Å². The van der Waals surface area contributed by atoms with E-state index >= 15 is 0 Å². The van der Waals surface area contributed by atoms with Crippen LogP contribution in [0.25, 0.3) is 0 Å². The maximum absolute atomic E-state index is 12.7. The first-order chi connectivity index (χ1) is 16.2. The van der Waals surface area contributed by atoms with Crippen molar-refractivity contribution in [2.24, 2.45) is 0 Å². The molecular weight excluding hydrogens is 449 g/mol. The van der Waals surface area contributed by atoms with Gasteiger partial charge in [0.05, 0.1) is 11.1 Å². The first kappa shape index (κ1) is 23.2. The Kier molecular flexibility index (Phi) is 6.20. The first-order valence-electron chi connectivity index (χ1n) is 10.5. The van der Waals surface area contributed by atoms with Gasteiger partial charge in [0.1, 0.15) is 30.0 Å². The van der Waals surface area contributed by atoms with Gasteiger partial charge in [-0.3, -0.25) is 4.57 Å². The molecule has 0 bridgehead atoms. The Morgan fingerprint density at radius 3 is 2.59 bits per heavy atom. The summed E-state index contributed by atoms with van der Waals surface area (Å²) in [6, 6.07) is 13.0. The van der Waals surface area contributed by atoms with Crippen LogP contribution in [-0.4, -0.2) is 22.6 Å². The van der Waals surface area contributed by atoms with E-state index in [-0.39, 0.29) is 41.3 Å². The van der Waals surface area contributed by atoms with Gasteiger partial charge in [0.15, 0.2) is 0 Å². The average Bonchev–Trinajstić information content (AvgIpc) is 2.80. The molecule has 0 radical (unpaired) electrons. The van der Waals surface area contributed by atoms with E-state index in [1.807, 2.05) is 18.0 Å². The molecule has 0 spiro atoms. The molecule has 1 aliphatic rings. The fourth-order valence-corrected chi connectivity index (χ4v) is 3.62. The summed E-state index contributed by atoms with van der Waals surface area (Å²) in [4.78, 5) is 18.4. The molecule has 2 heterocycles. The molecule has 0 amide bonds. The van der Waals surface area contributed by atoms with Crippen molar-refractivity contribution in [1.82, 2.24) is 9.55 Å². The minimum absolute atomic E-state index is 0.0599. The number of benzene rings is 2. The summed E-state index contributed by atoms with van der Waals surface area (Å²) in [7, 11) is 1.91. The Labute approximate surface area is 193 Å². The fraction of sp³-hybridized carbons (Fsp3) is 0.292. The molecular formula is C24H21F3N4O3. The summed E-state index contributed by atoms with van der Waals surface area (Å²) in [5, 5.41) is 9.50. The van der Waals surface area contributed by atoms with E-state index < -0.39 is 11.7 Å². The third-order valence-corrected chi connectivity index (χ3v) is 5.72. The van der Waals surface area contributed by atoms with E-state index in [1.165, 1.54) is 12.1 Å². The Hall–Kier alpha value is -4.00. The second-order valence-electron chi connectivity index (χ2n) is 7.99. The lowest BCUT2D eigenvalue weighted by atomic mass is 10.1. The van der Waals surface area contributed by atoms with Crippen molar-refractivity contribution in [3.05, 3.63) is 75.7 Å². The molecule has 3 aromatic rings. The monoisotopic (exact) mass is 470 g/mol. The van der Waals surface area contributed by atoms with Crippen LogP contribution in [0.3, 0.4) is 0 Å². The van der Waals surface area contributed by atoms with Crippen LogP contribution in [0.1, 0.15) is 30.0 Å². The molecule has 7 nitrogen and oxygen atoms in total. The molecule has 34 heavy (non-hydrogen) atoms. The van der Waals surface area contributed by atoms with Gasteiger partial charge in [-0.1, -0.05) is 6.07 Å². The van der Waals surface area contributed by atoms with Crippen molar-refractivity contribution in [1.29, 1.82) is 5.26 Å². The number of ether oxygens (including phenoxy) is 2. The molecule has 1 aliphatic heterocycles. The highest BCUT2D eigenvalue weighted by Gasteiger charge is 2.30. The largest absolute Gasteiger partial charge is 0.473 e. The first-order valence-corrected chi connectivity index (χ1v) is 10.5. The number of hydrogen-bond donors (Lipinski definition) is 0. The number of hydrogen-bond acceptors (Lipinski definition) is 6. The van der Waals surface area contributed by atoms with Crippen LogP contribution in [0, 0.1) is 11.3 Å². The second kappa shape index (κ2) is 9.09. The highest BCUT2D eigenvalue weighted by molar-refractivity contribution is 5.48. The summed E-state index contributed by atoms with van der Waals surface area (Å²) >= 11 is 0. The van der Waals surface area contributed by atoms with Crippen LogP contribution >= 0.6 is 0 Å². The normalized spacial score (nSPS) is 15.4. The van der Waals surface area contributed by atoms with Gasteiger partial charge >= 0.3 is 11.9 Å². The van der Waals surface area contributed by atoms with Crippen molar-refractivity contribution in [3.63, 3.8) is 0 Å². The third-order valence-electron chi connectivity index (χ3n) is 5.72. The standard InChI is InChI=1S/C24H21F3N4O3/c1-15-9-10-31-22(30(15)2)12-21(29-23(31)32)33-14-16-3-8-20(17(11-16)13-28)34-19-6-4-18(5-7-19)24(25,26)27/h3-8,11-12,15H,9-10,14H2,1-2H3. The maximum atomic E-state index is 12.7. The quantitative estimate of drug-likeness (QED) is 0.536. The van der Waals surface area contributed by atoms with Crippen molar-refractivity contribution < 1.29 is 22.6 Å². The molecule has 1 unspecified atom stereocenters. The zero-order valence-corrected chi connectivity index (χ0v) is 18.5. The van der Waals surface area contributed by atoms with Gasteiger partial charge < -0.3 is 14.4 Å². The van der Waals surface area contributed by atoms with E-state index in [0.29, 0.717) is 12.1 Å². The van der Waals surface area contributed by atoms with Crippen LogP contribution in [0.4, 0.5) is 19.0 Å². The van der Waals surface area contributed by atoms with Crippen molar-refractivity contribution in [2.75, 3.05) is 11.9 Å². The third kappa shape index (κ3) is 4.83. The highest BCUT2D eigenvalue weighted by Crippen LogP contribution is 2.32. The van der Waals surface area contributed by atoms with E-state index in [9.17, 15) is 23.2 Å². The van der Waals surface area contributed by atoms with Crippen LogP contribution in [-0.2, 0) is 19.3 Å². The Balaban J connectivity index is 1.48. The topological polar surface area (TPSA) is 80.4 Å². The molecule has 0 fully saturated rings. The summed E-state index contributed by atoms with van der Waals surface area (Å²) in [6.45, 7) is 2.73. The Bertz CT molecular complexity index is 1300. The predicted octanol–water partition coefficient (Wildman–Crippen LogP) is 4.73. The van der Waals surface area contributed by atoms with Crippen molar-refractivity contribution in [2.45, 2.75) is 38.7 Å². The Morgan fingerprint density at radius 2 is 1.91 bits per heavy atom. The summed E-state index contributed by atoms with van der Waals surface area (Å²) in [5.41, 5.74) is -0.348. The summed E-state index contributed by atoms with van der Waals surface area (Å²) in [6.07, 6.45) is -3.59. The Morgan fingerprint density at radius 1 is 1.18 bits per heavy atom. The van der Waals surface area contributed by atoms with Crippen molar-refractivity contribution >= 4 is 5.82 Å². The number of nitrogens with zero attached hydrogens (tertiary/aromatic N) is 4.